The molecule has 15 heavy (non-hydrogen) atoms. The molecule has 2 aliphatic heterocycles. The second kappa shape index (κ2) is 5.83. The van der Waals surface area contributed by atoms with Crippen molar-refractivity contribution >= 4 is 0 Å². The quantitative estimate of drug-likeness (QED) is 0.762. The molecule has 2 rings (SSSR count). The third-order valence-electron chi connectivity index (χ3n) is 3.47. The molecule has 0 aromatic carbocycles. The number of nitrogens with zero attached hydrogens (tertiary/aromatic N) is 1. The van der Waals surface area contributed by atoms with Crippen molar-refractivity contribution in [3.63, 3.8) is 0 Å². The largest absolute Gasteiger partial charge is 0.378 e. The van der Waals surface area contributed by atoms with Gasteiger partial charge < -0.3 is 15.0 Å². The van der Waals surface area contributed by atoms with Gasteiger partial charge >= 0.3 is 0 Å². The molecule has 3 nitrogen and oxygen atoms in total. The summed E-state index contributed by atoms with van der Waals surface area (Å²) in [6.07, 6.45) is 5.61. The van der Waals surface area contributed by atoms with E-state index in [0.29, 0.717) is 12.1 Å². The molecule has 2 fully saturated rings. The lowest BCUT2D eigenvalue weighted by molar-refractivity contribution is 0.0919. The lowest BCUT2D eigenvalue weighted by Gasteiger charge is -2.23. The topological polar surface area (TPSA) is 24.5 Å². The molecule has 0 aromatic heterocycles. The highest BCUT2D eigenvalue weighted by Gasteiger charge is 2.18. The van der Waals surface area contributed by atoms with Gasteiger partial charge in [-0.2, -0.15) is 0 Å². The van der Waals surface area contributed by atoms with E-state index in [4.69, 9.17) is 4.74 Å². The van der Waals surface area contributed by atoms with Gasteiger partial charge in [0.15, 0.2) is 0 Å². The second-order valence-corrected chi connectivity index (χ2v) is 4.93. The zero-order valence-electron chi connectivity index (χ0n) is 9.87. The predicted octanol–water partition coefficient (Wildman–Crippen LogP) is 1.24. The molecular formula is C12H24N2O. The molecular weight excluding hydrogens is 188 g/mol. The van der Waals surface area contributed by atoms with Gasteiger partial charge in [-0.05, 0) is 45.7 Å². The van der Waals surface area contributed by atoms with Gasteiger partial charge in [-0.1, -0.05) is 0 Å². The molecule has 0 saturated carbocycles. The third kappa shape index (κ3) is 3.74. The van der Waals surface area contributed by atoms with Crippen LogP contribution in [0.5, 0.6) is 0 Å². The Morgan fingerprint density at radius 3 is 3.13 bits per heavy atom. The zero-order chi connectivity index (χ0) is 10.5. The summed E-state index contributed by atoms with van der Waals surface area (Å²) in [7, 11) is 0. The Hall–Kier alpha value is -0.120. The van der Waals surface area contributed by atoms with E-state index < -0.39 is 0 Å². The van der Waals surface area contributed by atoms with Gasteiger partial charge in [0.1, 0.15) is 0 Å². The molecule has 0 aromatic rings. The van der Waals surface area contributed by atoms with Crippen LogP contribution in [0.3, 0.4) is 0 Å². The van der Waals surface area contributed by atoms with Gasteiger partial charge in [0.2, 0.25) is 0 Å². The van der Waals surface area contributed by atoms with Gasteiger partial charge in [-0.3, -0.25) is 0 Å². The number of hydrogen-bond acceptors (Lipinski definition) is 3. The highest BCUT2D eigenvalue weighted by Crippen LogP contribution is 2.16. The van der Waals surface area contributed by atoms with E-state index in [1.54, 1.807) is 0 Å². The lowest BCUT2D eigenvalue weighted by atomic mass is 10.1. The second-order valence-electron chi connectivity index (χ2n) is 4.93. The third-order valence-corrected chi connectivity index (χ3v) is 3.47. The standard InChI is InChI=1S/C12H24N2O/c1-11-10-14(7-3-6-13-11)8-5-12-4-2-9-15-12/h11-13H,2-10H2,1H3. The van der Waals surface area contributed by atoms with Crippen LogP contribution in [0.15, 0.2) is 0 Å². The molecule has 0 amide bonds. The van der Waals surface area contributed by atoms with Crippen LogP contribution in [-0.2, 0) is 4.74 Å². The average Bonchev–Trinajstić information content (AvgIpc) is 2.65. The van der Waals surface area contributed by atoms with Crippen molar-refractivity contribution in [2.24, 2.45) is 0 Å². The first-order chi connectivity index (χ1) is 7.34. The summed E-state index contributed by atoms with van der Waals surface area (Å²) in [6.45, 7) is 8.12. The van der Waals surface area contributed by atoms with Crippen LogP contribution in [0.1, 0.15) is 32.6 Å². The summed E-state index contributed by atoms with van der Waals surface area (Å²) in [5.74, 6) is 0. The predicted molar refractivity (Wildman–Crippen MR) is 62.1 cm³/mol. The highest BCUT2D eigenvalue weighted by molar-refractivity contribution is 4.74. The Labute approximate surface area is 93.2 Å². The Kier molecular flexibility index (Phi) is 4.42. The van der Waals surface area contributed by atoms with Crippen molar-refractivity contribution in [1.82, 2.24) is 10.2 Å². The molecule has 0 aliphatic carbocycles. The Morgan fingerprint density at radius 1 is 1.40 bits per heavy atom. The fraction of sp³-hybridized carbons (Fsp3) is 1.00. The monoisotopic (exact) mass is 212 g/mol. The van der Waals surface area contributed by atoms with Crippen molar-refractivity contribution in [2.75, 3.05) is 32.8 Å². The summed E-state index contributed by atoms with van der Waals surface area (Å²) >= 11 is 0. The van der Waals surface area contributed by atoms with Crippen LogP contribution < -0.4 is 5.32 Å². The minimum Gasteiger partial charge on any atom is -0.378 e. The minimum absolute atomic E-state index is 0.552. The van der Waals surface area contributed by atoms with E-state index in [9.17, 15) is 0 Å². The maximum atomic E-state index is 5.66. The van der Waals surface area contributed by atoms with Crippen molar-refractivity contribution in [2.45, 2.75) is 44.8 Å². The van der Waals surface area contributed by atoms with Crippen LogP contribution in [0.4, 0.5) is 0 Å². The molecule has 88 valence electrons. The highest BCUT2D eigenvalue weighted by atomic mass is 16.5. The molecule has 0 bridgehead atoms. The fourth-order valence-corrected chi connectivity index (χ4v) is 2.60. The normalized spacial score (nSPS) is 34.2. The van der Waals surface area contributed by atoms with E-state index in [1.165, 1.54) is 51.9 Å². The van der Waals surface area contributed by atoms with Crippen LogP contribution >= 0.6 is 0 Å². The van der Waals surface area contributed by atoms with E-state index in [1.807, 2.05) is 0 Å². The number of ether oxygens (including phenoxy) is 1. The zero-order valence-corrected chi connectivity index (χ0v) is 9.87. The van der Waals surface area contributed by atoms with Crippen molar-refractivity contribution in [3.8, 4) is 0 Å². The number of nitrogens with one attached hydrogen (secondary N) is 1. The number of rotatable bonds is 3. The Balaban J connectivity index is 1.67. The smallest absolute Gasteiger partial charge is 0.0588 e. The number of hydrogen-bond donors (Lipinski definition) is 1. The molecule has 2 saturated heterocycles. The molecule has 3 heteroatoms. The molecule has 2 heterocycles. The summed E-state index contributed by atoms with van der Waals surface area (Å²) in [6, 6.07) is 0.650. The van der Waals surface area contributed by atoms with E-state index in [2.05, 4.69) is 17.1 Å². The summed E-state index contributed by atoms with van der Waals surface area (Å²) < 4.78 is 5.66. The molecule has 2 unspecified atom stereocenters. The Bertz CT molecular complexity index is 180. The van der Waals surface area contributed by atoms with Crippen LogP contribution in [0.2, 0.25) is 0 Å². The average molecular weight is 212 g/mol. The molecule has 0 radical (unpaired) electrons. The Morgan fingerprint density at radius 2 is 2.33 bits per heavy atom. The molecule has 2 atom stereocenters. The van der Waals surface area contributed by atoms with Crippen molar-refractivity contribution in [1.29, 1.82) is 0 Å². The maximum Gasteiger partial charge on any atom is 0.0588 e. The minimum atomic E-state index is 0.552. The van der Waals surface area contributed by atoms with Crippen LogP contribution in [0, 0.1) is 0 Å². The van der Waals surface area contributed by atoms with Crippen LogP contribution in [0.25, 0.3) is 0 Å². The van der Waals surface area contributed by atoms with Gasteiger partial charge in [-0.15, -0.1) is 0 Å². The molecule has 2 aliphatic rings. The molecule has 0 spiro atoms. The summed E-state index contributed by atoms with van der Waals surface area (Å²) in [5.41, 5.74) is 0. The maximum absolute atomic E-state index is 5.66. The summed E-state index contributed by atoms with van der Waals surface area (Å²) in [4.78, 5) is 2.59. The van der Waals surface area contributed by atoms with Crippen molar-refractivity contribution < 1.29 is 4.74 Å². The van der Waals surface area contributed by atoms with Gasteiger partial charge in [0, 0.05) is 25.7 Å². The van der Waals surface area contributed by atoms with Gasteiger partial charge in [-0.25, -0.2) is 0 Å². The lowest BCUT2D eigenvalue weighted by Crippen LogP contribution is -2.36. The first-order valence-electron chi connectivity index (χ1n) is 6.42. The molecule has 1 N–H and O–H groups in total. The SMILES string of the molecule is CC1CN(CCC2CCCO2)CCCN1. The first-order valence-corrected chi connectivity index (χ1v) is 6.42. The van der Waals surface area contributed by atoms with E-state index in [-0.39, 0.29) is 0 Å². The van der Waals surface area contributed by atoms with Crippen LogP contribution in [-0.4, -0.2) is 49.8 Å². The van der Waals surface area contributed by atoms with E-state index in [0.717, 1.165) is 6.61 Å². The van der Waals surface area contributed by atoms with Gasteiger partial charge in [0.25, 0.3) is 0 Å². The van der Waals surface area contributed by atoms with Gasteiger partial charge in [0.05, 0.1) is 6.10 Å². The summed E-state index contributed by atoms with van der Waals surface area (Å²) in [5, 5.41) is 3.53. The van der Waals surface area contributed by atoms with Crippen molar-refractivity contribution in [3.05, 3.63) is 0 Å². The first kappa shape index (κ1) is 11.4. The van der Waals surface area contributed by atoms with E-state index >= 15 is 0 Å². The fourth-order valence-electron chi connectivity index (χ4n) is 2.60.